The Hall–Kier alpha value is -3.41. The lowest BCUT2D eigenvalue weighted by atomic mass is 9.96. The topological polar surface area (TPSA) is 64.4 Å². The summed E-state index contributed by atoms with van der Waals surface area (Å²) in [5, 5.41) is 4.76. The van der Waals surface area contributed by atoms with Crippen molar-refractivity contribution in [2.24, 2.45) is 5.92 Å². The van der Waals surface area contributed by atoms with Crippen LogP contribution in [0.3, 0.4) is 0 Å². The molecule has 1 aliphatic rings. The summed E-state index contributed by atoms with van der Waals surface area (Å²) < 4.78 is 6.61. The lowest BCUT2D eigenvalue weighted by molar-refractivity contribution is -0.146. The highest BCUT2D eigenvalue weighted by molar-refractivity contribution is 6.00. The summed E-state index contributed by atoms with van der Waals surface area (Å²) in [4.78, 5) is 27.0. The van der Waals surface area contributed by atoms with Gasteiger partial charge in [0.05, 0.1) is 24.3 Å². The molecule has 154 valence electrons. The quantitative estimate of drug-likeness (QED) is 0.621. The molecule has 1 aromatic heterocycles. The van der Waals surface area contributed by atoms with E-state index >= 15 is 0 Å². The number of aryl methyl sites for hydroxylation is 1. The van der Waals surface area contributed by atoms with Crippen molar-refractivity contribution in [1.29, 1.82) is 0 Å². The molecule has 30 heavy (non-hydrogen) atoms. The highest BCUT2D eigenvalue weighted by Gasteiger charge is 2.30. The van der Waals surface area contributed by atoms with Gasteiger partial charge in [0.1, 0.15) is 5.69 Å². The minimum absolute atomic E-state index is 0.0583. The second-order valence-electron chi connectivity index (χ2n) is 7.63. The zero-order valence-corrected chi connectivity index (χ0v) is 17.2. The maximum absolute atomic E-state index is 13.4. The SMILES string of the molecule is COC(=O)C1CCN(C(=O)c2cn(-c3ccccc3)nc2-c2cccc(C)c2)CC1. The Morgan fingerprint density at radius 1 is 1.03 bits per heavy atom. The Balaban J connectivity index is 1.67. The van der Waals surface area contributed by atoms with Crippen LogP contribution < -0.4 is 0 Å². The average molecular weight is 403 g/mol. The number of amides is 1. The smallest absolute Gasteiger partial charge is 0.308 e. The first-order valence-electron chi connectivity index (χ1n) is 10.2. The van der Waals surface area contributed by atoms with Crippen molar-refractivity contribution < 1.29 is 14.3 Å². The number of nitrogens with zero attached hydrogens (tertiary/aromatic N) is 3. The minimum Gasteiger partial charge on any atom is -0.469 e. The molecule has 6 heteroatoms. The number of hydrogen-bond donors (Lipinski definition) is 0. The van der Waals surface area contributed by atoms with E-state index in [0.717, 1.165) is 16.8 Å². The van der Waals surface area contributed by atoms with Crippen molar-refractivity contribution in [2.45, 2.75) is 19.8 Å². The van der Waals surface area contributed by atoms with Crippen molar-refractivity contribution in [3.8, 4) is 16.9 Å². The number of esters is 1. The molecule has 0 atom stereocenters. The lowest BCUT2D eigenvalue weighted by Crippen LogP contribution is -2.40. The van der Waals surface area contributed by atoms with Gasteiger partial charge in [-0.3, -0.25) is 9.59 Å². The van der Waals surface area contributed by atoms with Crippen LogP contribution in [0.5, 0.6) is 0 Å². The van der Waals surface area contributed by atoms with Gasteiger partial charge in [-0.05, 0) is 38.0 Å². The largest absolute Gasteiger partial charge is 0.469 e. The minimum atomic E-state index is -0.195. The maximum atomic E-state index is 13.4. The fourth-order valence-electron chi connectivity index (χ4n) is 3.90. The second kappa shape index (κ2) is 8.53. The van der Waals surface area contributed by atoms with Crippen LogP contribution in [-0.4, -0.2) is 46.8 Å². The van der Waals surface area contributed by atoms with Crippen LogP contribution >= 0.6 is 0 Å². The van der Waals surface area contributed by atoms with Gasteiger partial charge >= 0.3 is 5.97 Å². The predicted octanol–water partition coefficient (Wildman–Crippen LogP) is 3.87. The van der Waals surface area contributed by atoms with Gasteiger partial charge in [-0.15, -0.1) is 0 Å². The molecule has 2 aromatic carbocycles. The van der Waals surface area contributed by atoms with E-state index in [9.17, 15) is 9.59 Å². The molecule has 1 saturated heterocycles. The van der Waals surface area contributed by atoms with E-state index in [1.54, 1.807) is 4.68 Å². The molecule has 1 amide bonds. The lowest BCUT2D eigenvalue weighted by Gasteiger charge is -2.30. The van der Waals surface area contributed by atoms with Crippen molar-refractivity contribution in [1.82, 2.24) is 14.7 Å². The van der Waals surface area contributed by atoms with Crippen LogP contribution in [0.1, 0.15) is 28.8 Å². The molecule has 1 fully saturated rings. The third kappa shape index (κ3) is 3.99. The third-order valence-corrected chi connectivity index (χ3v) is 5.57. The normalized spacial score (nSPS) is 14.5. The van der Waals surface area contributed by atoms with Gasteiger partial charge in [-0.2, -0.15) is 5.10 Å². The Kier molecular flexibility index (Phi) is 5.65. The summed E-state index contributed by atoms with van der Waals surface area (Å²) in [5.41, 5.74) is 4.16. The van der Waals surface area contributed by atoms with Gasteiger partial charge in [0, 0.05) is 24.8 Å². The van der Waals surface area contributed by atoms with Gasteiger partial charge in [-0.25, -0.2) is 4.68 Å². The molecule has 6 nitrogen and oxygen atoms in total. The van der Waals surface area contributed by atoms with Crippen LogP contribution in [0.15, 0.2) is 60.8 Å². The van der Waals surface area contributed by atoms with Gasteiger partial charge in [0.15, 0.2) is 0 Å². The highest BCUT2D eigenvalue weighted by atomic mass is 16.5. The van der Waals surface area contributed by atoms with Crippen LogP contribution in [0, 0.1) is 12.8 Å². The zero-order valence-electron chi connectivity index (χ0n) is 17.2. The standard InChI is InChI=1S/C24H25N3O3/c1-17-7-6-8-19(15-17)22-21(16-27(25-22)20-9-4-3-5-10-20)23(28)26-13-11-18(12-14-26)24(29)30-2/h3-10,15-16,18H,11-14H2,1-2H3. The molecule has 0 radical (unpaired) electrons. The van der Waals surface area contributed by atoms with E-state index in [0.29, 0.717) is 37.2 Å². The molecule has 0 aliphatic carbocycles. The number of methoxy groups -OCH3 is 1. The number of rotatable bonds is 4. The molecule has 1 aliphatic heterocycles. The first-order chi connectivity index (χ1) is 14.6. The van der Waals surface area contributed by atoms with Crippen molar-refractivity contribution in [3.05, 3.63) is 71.9 Å². The fourth-order valence-corrected chi connectivity index (χ4v) is 3.90. The maximum Gasteiger partial charge on any atom is 0.308 e. The molecule has 0 saturated carbocycles. The van der Waals surface area contributed by atoms with E-state index in [1.807, 2.05) is 72.6 Å². The monoisotopic (exact) mass is 403 g/mol. The molecule has 4 rings (SSSR count). The Labute approximate surface area is 176 Å². The summed E-state index contributed by atoms with van der Waals surface area (Å²) in [6, 6.07) is 17.8. The summed E-state index contributed by atoms with van der Waals surface area (Å²) in [6.45, 7) is 3.08. The third-order valence-electron chi connectivity index (χ3n) is 5.57. The first-order valence-corrected chi connectivity index (χ1v) is 10.2. The number of likely N-dealkylation sites (tertiary alicyclic amines) is 1. The number of hydrogen-bond acceptors (Lipinski definition) is 4. The van der Waals surface area contributed by atoms with Crippen LogP contribution in [0.4, 0.5) is 0 Å². The Morgan fingerprint density at radius 2 is 1.77 bits per heavy atom. The number of carbonyl (C=O) groups is 2. The predicted molar refractivity (Wildman–Crippen MR) is 114 cm³/mol. The van der Waals surface area contributed by atoms with Gasteiger partial charge in [0.25, 0.3) is 5.91 Å². The molecule has 3 aromatic rings. The Morgan fingerprint density at radius 3 is 2.43 bits per heavy atom. The van der Waals surface area contributed by atoms with Gasteiger partial charge in [-0.1, -0.05) is 42.0 Å². The Bertz CT molecular complexity index is 1050. The van der Waals surface area contributed by atoms with Crippen LogP contribution in [0.25, 0.3) is 16.9 Å². The first kappa shape index (κ1) is 19.9. The van der Waals surface area contributed by atoms with Crippen molar-refractivity contribution in [3.63, 3.8) is 0 Å². The molecule has 0 spiro atoms. The van der Waals surface area contributed by atoms with E-state index in [2.05, 4.69) is 0 Å². The fraction of sp³-hybridized carbons (Fsp3) is 0.292. The number of ether oxygens (including phenoxy) is 1. The van der Waals surface area contributed by atoms with Crippen LogP contribution in [0.2, 0.25) is 0 Å². The summed E-state index contributed by atoms with van der Waals surface area (Å²) in [6.07, 6.45) is 3.04. The van der Waals surface area contributed by atoms with Crippen molar-refractivity contribution >= 4 is 11.9 Å². The molecule has 0 unspecified atom stereocenters. The number of benzene rings is 2. The van der Waals surface area contributed by atoms with E-state index in [1.165, 1.54) is 7.11 Å². The molecular formula is C24H25N3O3. The average Bonchev–Trinajstić information content (AvgIpc) is 3.24. The van der Waals surface area contributed by atoms with E-state index < -0.39 is 0 Å². The summed E-state index contributed by atoms with van der Waals surface area (Å²) in [5.74, 6) is -0.390. The van der Waals surface area contributed by atoms with Gasteiger partial charge < -0.3 is 9.64 Å². The van der Waals surface area contributed by atoms with Crippen molar-refractivity contribution in [2.75, 3.05) is 20.2 Å². The molecule has 2 heterocycles. The van der Waals surface area contributed by atoms with Crippen LogP contribution in [-0.2, 0) is 9.53 Å². The molecule has 0 N–H and O–H groups in total. The highest BCUT2D eigenvalue weighted by Crippen LogP contribution is 2.27. The number of aromatic nitrogens is 2. The second-order valence-corrected chi connectivity index (χ2v) is 7.63. The summed E-state index contributed by atoms with van der Waals surface area (Å²) >= 11 is 0. The number of para-hydroxylation sites is 1. The van der Waals surface area contributed by atoms with E-state index in [4.69, 9.17) is 9.84 Å². The molecule has 0 bridgehead atoms. The number of piperidine rings is 1. The number of carbonyl (C=O) groups excluding carboxylic acids is 2. The summed E-state index contributed by atoms with van der Waals surface area (Å²) in [7, 11) is 1.41. The zero-order chi connectivity index (χ0) is 21.1. The molecular weight excluding hydrogens is 378 g/mol. The van der Waals surface area contributed by atoms with E-state index in [-0.39, 0.29) is 17.8 Å². The van der Waals surface area contributed by atoms with Gasteiger partial charge in [0.2, 0.25) is 0 Å².